The number of benzene rings is 1. The van der Waals surface area contributed by atoms with E-state index in [-0.39, 0.29) is 5.41 Å². The zero-order valence-electron chi connectivity index (χ0n) is 14.8. The van der Waals surface area contributed by atoms with E-state index in [9.17, 15) is 0 Å². The van der Waals surface area contributed by atoms with Crippen LogP contribution in [-0.4, -0.2) is 34.3 Å². The molecule has 0 spiro atoms. The predicted octanol–water partition coefficient (Wildman–Crippen LogP) is 3.93. The summed E-state index contributed by atoms with van der Waals surface area (Å²) in [6.07, 6.45) is 3.37. The van der Waals surface area contributed by atoms with Crippen molar-refractivity contribution in [1.29, 1.82) is 0 Å². The summed E-state index contributed by atoms with van der Waals surface area (Å²) in [6.45, 7) is 10.6. The minimum absolute atomic E-state index is 0.264. The molecule has 0 amide bonds. The van der Waals surface area contributed by atoms with Crippen molar-refractivity contribution in [2.24, 2.45) is 11.1 Å². The van der Waals surface area contributed by atoms with Crippen molar-refractivity contribution in [3.63, 3.8) is 0 Å². The van der Waals surface area contributed by atoms with E-state index in [0.717, 1.165) is 36.3 Å². The first-order valence-corrected chi connectivity index (χ1v) is 9.46. The molecule has 1 atom stereocenters. The number of hydrogen-bond acceptors (Lipinski definition) is 3. The Kier molecular flexibility index (Phi) is 5.13. The highest BCUT2D eigenvalue weighted by atomic mass is 79.9. The summed E-state index contributed by atoms with van der Waals surface area (Å²) in [5, 5.41) is 4.86. The van der Waals surface area contributed by atoms with Gasteiger partial charge in [-0.25, -0.2) is 4.68 Å². The molecule has 0 saturated carbocycles. The van der Waals surface area contributed by atoms with Crippen LogP contribution in [-0.2, 0) is 6.54 Å². The van der Waals surface area contributed by atoms with Crippen molar-refractivity contribution in [3.8, 4) is 5.69 Å². The first kappa shape index (κ1) is 17.6. The van der Waals surface area contributed by atoms with Gasteiger partial charge < -0.3 is 5.73 Å². The molecule has 24 heavy (non-hydrogen) atoms. The fraction of sp³-hybridized carbons (Fsp3) is 0.526. The van der Waals surface area contributed by atoms with E-state index in [0.29, 0.717) is 5.92 Å². The standard InChI is InChI=1S/C19H27BrN4/c1-14(2)18-15(10-23-9-8-19(3,12-21)13-23)11-24(22-18)17-6-4-16(20)5-7-17/h4-7,11,14H,8-10,12-13,21H2,1-3H3. The summed E-state index contributed by atoms with van der Waals surface area (Å²) in [6, 6.07) is 8.29. The molecule has 1 aliphatic heterocycles. The van der Waals surface area contributed by atoms with E-state index >= 15 is 0 Å². The molecule has 1 aromatic heterocycles. The van der Waals surface area contributed by atoms with Crippen molar-refractivity contribution >= 4 is 15.9 Å². The van der Waals surface area contributed by atoms with Crippen LogP contribution in [0.25, 0.3) is 5.69 Å². The quantitative estimate of drug-likeness (QED) is 0.840. The number of hydrogen-bond donors (Lipinski definition) is 1. The van der Waals surface area contributed by atoms with Gasteiger partial charge >= 0.3 is 0 Å². The smallest absolute Gasteiger partial charge is 0.0699 e. The van der Waals surface area contributed by atoms with Gasteiger partial charge in [-0.15, -0.1) is 0 Å². The molecule has 1 unspecified atom stereocenters. The molecule has 2 N–H and O–H groups in total. The Labute approximate surface area is 153 Å². The summed E-state index contributed by atoms with van der Waals surface area (Å²) in [5.74, 6) is 0.417. The van der Waals surface area contributed by atoms with Gasteiger partial charge in [-0.05, 0) is 55.1 Å². The first-order valence-electron chi connectivity index (χ1n) is 8.67. The second-order valence-electron chi connectivity index (χ2n) is 7.59. The molecular weight excluding hydrogens is 364 g/mol. The highest BCUT2D eigenvalue weighted by Crippen LogP contribution is 2.31. The lowest BCUT2D eigenvalue weighted by Crippen LogP contribution is -2.31. The lowest BCUT2D eigenvalue weighted by atomic mass is 9.90. The third-order valence-corrected chi connectivity index (χ3v) is 5.51. The van der Waals surface area contributed by atoms with E-state index in [1.54, 1.807) is 0 Å². The minimum atomic E-state index is 0.264. The van der Waals surface area contributed by atoms with Crippen LogP contribution in [0.15, 0.2) is 34.9 Å². The topological polar surface area (TPSA) is 47.1 Å². The molecule has 1 aromatic carbocycles. The Bertz CT molecular complexity index is 692. The van der Waals surface area contributed by atoms with Gasteiger partial charge in [-0.1, -0.05) is 36.7 Å². The number of nitrogens with two attached hydrogens (primary N) is 1. The number of halogens is 1. The number of nitrogens with zero attached hydrogens (tertiary/aromatic N) is 3. The van der Waals surface area contributed by atoms with Crippen LogP contribution < -0.4 is 5.73 Å². The Balaban J connectivity index is 1.83. The summed E-state index contributed by atoms with van der Waals surface area (Å²) in [4.78, 5) is 2.52. The molecule has 5 heteroatoms. The van der Waals surface area contributed by atoms with Gasteiger partial charge in [0.25, 0.3) is 0 Å². The van der Waals surface area contributed by atoms with E-state index in [4.69, 9.17) is 10.8 Å². The van der Waals surface area contributed by atoms with Gasteiger partial charge in [-0.2, -0.15) is 5.10 Å². The predicted molar refractivity (Wildman–Crippen MR) is 102 cm³/mol. The summed E-state index contributed by atoms with van der Waals surface area (Å²) in [5.41, 5.74) is 9.83. The minimum Gasteiger partial charge on any atom is -0.330 e. The molecule has 1 aliphatic rings. The van der Waals surface area contributed by atoms with Crippen LogP contribution in [0.4, 0.5) is 0 Å². The summed E-state index contributed by atoms with van der Waals surface area (Å²) >= 11 is 3.49. The van der Waals surface area contributed by atoms with Crippen molar-refractivity contribution < 1.29 is 0 Å². The zero-order valence-corrected chi connectivity index (χ0v) is 16.4. The normalized spacial score (nSPS) is 21.8. The molecule has 1 fully saturated rings. The van der Waals surface area contributed by atoms with E-state index in [2.05, 4.69) is 72.1 Å². The van der Waals surface area contributed by atoms with Crippen LogP contribution in [0, 0.1) is 5.41 Å². The maximum atomic E-state index is 5.95. The van der Waals surface area contributed by atoms with Crippen LogP contribution in [0.2, 0.25) is 0 Å². The van der Waals surface area contributed by atoms with Crippen molar-refractivity contribution in [2.45, 2.75) is 39.7 Å². The van der Waals surface area contributed by atoms with E-state index < -0.39 is 0 Å². The van der Waals surface area contributed by atoms with Gasteiger partial charge in [0.2, 0.25) is 0 Å². The Morgan fingerprint density at radius 2 is 2.00 bits per heavy atom. The zero-order chi connectivity index (χ0) is 17.3. The van der Waals surface area contributed by atoms with Crippen molar-refractivity contribution in [3.05, 3.63) is 46.2 Å². The molecule has 0 bridgehead atoms. The lowest BCUT2D eigenvalue weighted by molar-refractivity contribution is 0.273. The number of likely N-dealkylation sites (tertiary alicyclic amines) is 1. The highest BCUT2D eigenvalue weighted by Gasteiger charge is 2.32. The molecule has 0 aliphatic carbocycles. The van der Waals surface area contributed by atoms with Gasteiger partial charge in [0.05, 0.1) is 11.4 Å². The largest absolute Gasteiger partial charge is 0.330 e. The molecule has 0 radical (unpaired) electrons. The van der Waals surface area contributed by atoms with Crippen LogP contribution in [0.3, 0.4) is 0 Å². The number of rotatable bonds is 5. The van der Waals surface area contributed by atoms with Crippen molar-refractivity contribution in [2.75, 3.05) is 19.6 Å². The Morgan fingerprint density at radius 1 is 1.29 bits per heavy atom. The maximum absolute atomic E-state index is 5.95. The average Bonchev–Trinajstić information content (AvgIpc) is 3.13. The Hall–Kier alpha value is -1.17. The SMILES string of the molecule is CC(C)c1nn(-c2ccc(Br)cc2)cc1CN1CCC(C)(CN)C1. The second-order valence-corrected chi connectivity index (χ2v) is 8.51. The van der Waals surface area contributed by atoms with Gasteiger partial charge in [-0.3, -0.25) is 4.90 Å². The van der Waals surface area contributed by atoms with E-state index in [1.807, 2.05) is 4.68 Å². The first-order chi connectivity index (χ1) is 11.4. The van der Waals surface area contributed by atoms with Crippen LogP contribution >= 0.6 is 15.9 Å². The summed E-state index contributed by atoms with van der Waals surface area (Å²) < 4.78 is 3.09. The monoisotopic (exact) mass is 390 g/mol. The molecule has 130 valence electrons. The van der Waals surface area contributed by atoms with Crippen LogP contribution in [0.1, 0.15) is 44.4 Å². The van der Waals surface area contributed by atoms with Gasteiger partial charge in [0.1, 0.15) is 0 Å². The third-order valence-electron chi connectivity index (χ3n) is 4.98. The molecule has 2 heterocycles. The van der Waals surface area contributed by atoms with Crippen LogP contribution in [0.5, 0.6) is 0 Å². The molecular formula is C19H27BrN4. The average molecular weight is 391 g/mol. The molecule has 3 rings (SSSR count). The molecule has 4 nitrogen and oxygen atoms in total. The number of aromatic nitrogens is 2. The van der Waals surface area contributed by atoms with Crippen molar-refractivity contribution in [1.82, 2.24) is 14.7 Å². The highest BCUT2D eigenvalue weighted by molar-refractivity contribution is 9.10. The van der Waals surface area contributed by atoms with Gasteiger partial charge in [0.15, 0.2) is 0 Å². The lowest BCUT2D eigenvalue weighted by Gasteiger charge is -2.22. The van der Waals surface area contributed by atoms with E-state index in [1.165, 1.54) is 17.7 Å². The molecule has 2 aromatic rings. The maximum Gasteiger partial charge on any atom is 0.0699 e. The molecule has 1 saturated heterocycles. The van der Waals surface area contributed by atoms with Gasteiger partial charge in [0, 0.05) is 29.3 Å². The Morgan fingerprint density at radius 3 is 2.58 bits per heavy atom. The summed E-state index contributed by atoms with van der Waals surface area (Å²) in [7, 11) is 0. The fourth-order valence-electron chi connectivity index (χ4n) is 3.43. The fourth-order valence-corrected chi connectivity index (χ4v) is 3.69. The second kappa shape index (κ2) is 6.98. The third kappa shape index (κ3) is 3.73.